The van der Waals surface area contributed by atoms with E-state index in [1.807, 2.05) is 41.8 Å². The monoisotopic (exact) mass is 319 g/mol. The second-order valence-corrected chi connectivity index (χ2v) is 5.38. The van der Waals surface area contributed by atoms with Crippen LogP contribution >= 0.6 is 0 Å². The van der Waals surface area contributed by atoms with Gasteiger partial charge in [0.15, 0.2) is 0 Å². The molecular formula is C19H21N5. The van der Waals surface area contributed by atoms with E-state index in [-0.39, 0.29) is 0 Å². The minimum Gasteiger partial charge on any atom is -0.354 e. The minimum absolute atomic E-state index is 0.626. The van der Waals surface area contributed by atoms with Gasteiger partial charge in [0, 0.05) is 12.7 Å². The lowest BCUT2D eigenvalue weighted by Crippen LogP contribution is -2.07. The third kappa shape index (κ3) is 3.51. The molecule has 0 unspecified atom stereocenters. The van der Waals surface area contributed by atoms with Crippen molar-refractivity contribution in [1.29, 1.82) is 0 Å². The van der Waals surface area contributed by atoms with Crippen LogP contribution in [0.4, 0.5) is 5.95 Å². The maximum Gasteiger partial charge on any atom is 0.224 e. The molecule has 0 amide bonds. The third-order valence-electron chi connectivity index (χ3n) is 3.79. The van der Waals surface area contributed by atoms with E-state index in [1.165, 1.54) is 5.57 Å². The number of hydrogen-bond acceptors (Lipinski definition) is 4. The first-order chi connectivity index (χ1) is 11.8. The molecular weight excluding hydrogens is 298 g/mol. The average molecular weight is 319 g/mol. The summed E-state index contributed by atoms with van der Waals surface area (Å²) in [6.07, 6.45) is 10.8. The van der Waals surface area contributed by atoms with Gasteiger partial charge < -0.3 is 5.32 Å². The zero-order valence-corrected chi connectivity index (χ0v) is 14.0. The van der Waals surface area contributed by atoms with Crippen molar-refractivity contribution in [2.75, 3.05) is 11.9 Å². The Labute approximate surface area is 141 Å². The normalized spacial score (nSPS) is 12.2. The highest BCUT2D eigenvalue weighted by molar-refractivity contribution is 5.76. The van der Waals surface area contributed by atoms with Gasteiger partial charge in [-0.05, 0) is 38.5 Å². The van der Waals surface area contributed by atoms with Gasteiger partial charge in [-0.3, -0.25) is 4.57 Å². The molecule has 0 atom stereocenters. The number of rotatable bonds is 6. The van der Waals surface area contributed by atoms with Gasteiger partial charge >= 0.3 is 0 Å². The van der Waals surface area contributed by atoms with Crippen molar-refractivity contribution in [2.45, 2.75) is 20.3 Å². The minimum atomic E-state index is 0.626. The first-order valence-corrected chi connectivity index (χ1v) is 8.09. The van der Waals surface area contributed by atoms with Crippen molar-refractivity contribution >= 4 is 17.0 Å². The van der Waals surface area contributed by atoms with Crippen molar-refractivity contribution in [3.63, 3.8) is 0 Å². The van der Waals surface area contributed by atoms with Crippen LogP contribution in [-0.2, 0) is 0 Å². The summed E-state index contributed by atoms with van der Waals surface area (Å²) in [4.78, 5) is 13.3. The summed E-state index contributed by atoms with van der Waals surface area (Å²) in [5, 5.41) is 3.29. The molecule has 3 rings (SSSR count). The summed E-state index contributed by atoms with van der Waals surface area (Å²) in [6.45, 7) is 4.87. The Hall–Kier alpha value is -2.95. The molecule has 5 nitrogen and oxygen atoms in total. The predicted molar refractivity (Wildman–Crippen MR) is 98.3 cm³/mol. The Kier molecular flexibility index (Phi) is 5.01. The van der Waals surface area contributed by atoms with E-state index < -0.39 is 0 Å². The van der Waals surface area contributed by atoms with Crippen LogP contribution in [0.1, 0.15) is 20.3 Å². The van der Waals surface area contributed by atoms with Gasteiger partial charge in [0.25, 0.3) is 0 Å². The predicted octanol–water partition coefficient (Wildman–Crippen LogP) is 4.14. The number of anilines is 1. The van der Waals surface area contributed by atoms with Gasteiger partial charge in [-0.1, -0.05) is 35.9 Å². The molecule has 3 aromatic rings. The number of nitrogens with one attached hydrogen (secondary N) is 1. The molecule has 0 aliphatic heterocycles. The SMILES string of the molecule is C/C=C\C(=C/C)CCNc1nccc(-n2cnc3ccccc32)n1. The van der Waals surface area contributed by atoms with Gasteiger partial charge in [-0.2, -0.15) is 4.98 Å². The smallest absolute Gasteiger partial charge is 0.224 e. The molecule has 0 fully saturated rings. The topological polar surface area (TPSA) is 55.6 Å². The fourth-order valence-corrected chi connectivity index (χ4v) is 2.57. The van der Waals surface area contributed by atoms with Gasteiger partial charge in [-0.15, -0.1) is 0 Å². The number of aromatic nitrogens is 4. The fraction of sp³-hybridized carbons (Fsp3) is 0.211. The number of fused-ring (bicyclic) bond motifs is 1. The largest absolute Gasteiger partial charge is 0.354 e. The van der Waals surface area contributed by atoms with Gasteiger partial charge in [0.2, 0.25) is 5.95 Å². The maximum atomic E-state index is 4.60. The summed E-state index contributed by atoms with van der Waals surface area (Å²) in [5.74, 6) is 1.43. The molecule has 5 heteroatoms. The first-order valence-electron chi connectivity index (χ1n) is 8.09. The Morgan fingerprint density at radius 3 is 2.88 bits per heavy atom. The molecule has 0 bridgehead atoms. The standard InChI is InChI=1S/C19H21N5/c1-3-7-15(4-2)10-12-20-19-21-13-11-18(23-19)24-14-22-16-8-5-6-9-17(16)24/h3-9,11,13-14H,10,12H2,1-2H3,(H,20,21,23)/b7-3-,15-4+. The van der Waals surface area contributed by atoms with E-state index >= 15 is 0 Å². The summed E-state index contributed by atoms with van der Waals surface area (Å²) < 4.78 is 1.97. The summed E-state index contributed by atoms with van der Waals surface area (Å²) >= 11 is 0. The van der Waals surface area contributed by atoms with E-state index in [0.717, 1.165) is 29.8 Å². The first kappa shape index (κ1) is 15.9. The number of imidazole rings is 1. The van der Waals surface area contributed by atoms with Crippen molar-refractivity contribution in [2.24, 2.45) is 0 Å². The lowest BCUT2D eigenvalue weighted by molar-refractivity contribution is 0.954. The van der Waals surface area contributed by atoms with Crippen LogP contribution in [-0.4, -0.2) is 26.1 Å². The summed E-state index contributed by atoms with van der Waals surface area (Å²) in [5.41, 5.74) is 3.28. The van der Waals surface area contributed by atoms with Crippen LogP contribution in [0, 0.1) is 0 Å². The molecule has 0 spiro atoms. The zero-order valence-electron chi connectivity index (χ0n) is 14.0. The second kappa shape index (κ2) is 7.55. The molecule has 2 heterocycles. The fourth-order valence-electron chi connectivity index (χ4n) is 2.57. The quantitative estimate of drug-likeness (QED) is 0.694. The molecule has 0 aliphatic rings. The van der Waals surface area contributed by atoms with Crippen molar-refractivity contribution in [3.8, 4) is 5.82 Å². The van der Waals surface area contributed by atoms with Gasteiger partial charge in [0.05, 0.1) is 11.0 Å². The van der Waals surface area contributed by atoms with Crippen LogP contribution < -0.4 is 5.32 Å². The summed E-state index contributed by atoms with van der Waals surface area (Å²) in [6, 6.07) is 9.90. The van der Waals surface area contributed by atoms with Crippen LogP contribution in [0.5, 0.6) is 0 Å². The van der Waals surface area contributed by atoms with E-state index in [9.17, 15) is 0 Å². The van der Waals surface area contributed by atoms with Crippen LogP contribution in [0.15, 0.2) is 66.7 Å². The maximum absolute atomic E-state index is 4.60. The zero-order chi connectivity index (χ0) is 16.8. The Bertz CT molecular complexity index is 876. The van der Waals surface area contributed by atoms with Crippen LogP contribution in [0.3, 0.4) is 0 Å². The molecule has 24 heavy (non-hydrogen) atoms. The number of allylic oxidation sites excluding steroid dienone is 3. The van der Waals surface area contributed by atoms with Crippen molar-refractivity contribution < 1.29 is 0 Å². The van der Waals surface area contributed by atoms with Crippen LogP contribution in [0.25, 0.3) is 16.9 Å². The highest BCUT2D eigenvalue weighted by Crippen LogP contribution is 2.16. The van der Waals surface area contributed by atoms with E-state index in [0.29, 0.717) is 5.95 Å². The Balaban J connectivity index is 1.75. The number of para-hydroxylation sites is 2. The van der Waals surface area contributed by atoms with Crippen molar-refractivity contribution in [3.05, 3.63) is 66.7 Å². The third-order valence-corrected chi connectivity index (χ3v) is 3.79. The van der Waals surface area contributed by atoms with E-state index in [2.05, 4.69) is 45.4 Å². The molecule has 0 saturated heterocycles. The number of nitrogens with zero attached hydrogens (tertiary/aromatic N) is 4. The Morgan fingerprint density at radius 2 is 2.04 bits per heavy atom. The Morgan fingerprint density at radius 1 is 1.17 bits per heavy atom. The molecule has 0 aliphatic carbocycles. The number of benzene rings is 1. The van der Waals surface area contributed by atoms with Crippen LogP contribution in [0.2, 0.25) is 0 Å². The van der Waals surface area contributed by atoms with Gasteiger partial charge in [0.1, 0.15) is 12.1 Å². The lowest BCUT2D eigenvalue weighted by Gasteiger charge is -2.08. The molecule has 0 radical (unpaired) electrons. The molecule has 122 valence electrons. The molecule has 1 N–H and O–H groups in total. The lowest BCUT2D eigenvalue weighted by atomic mass is 10.1. The van der Waals surface area contributed by atoms with Crippen molar-refractivity contribution in [1.82, 2.24) is 19.5 Å². The molecule has 1 aromatic carbocycles. The van der Waals surface area contributed by atoms with E-state index in [4.69, 9.17) is 0 Å². The number of hydrogen-bond donors (Lipinski definition) is 1. The summed E-state index contributed by atoms with van der Waals surface area (Å²) in [7, 11) is 0. The van der Waals surface area contributed by atoms with E-state index in [1.54, 1.807) is 12.5 Å². The second-order valence-electron chi connectivity index (χ2n) is 5.38. The molecule has 2 aromatic heterocycles. The highest BCUT2D eigenvalue weighted by Gasteiger charge is 2.06. The molecule has 0 saturated carbocycles. The van der Waals surface area contributed by atoms with Gasteiger partial charge in [-0.25, -0.2) is 9.97 Å². The highest BCUT2D eigenvalue weighted by atomic mass is 15.2. The average Bonchev–Trinajstić information content (AvgIpc) is 3.05.